The van der Waals surface area contributed by atoms with Gasteiger partial charge in [0.1, 0.15) is 0 Å². The molecule has 5 rings (SSSR count). The van der Waals surface area contributed by atoms with Crippen LogP contribution in [0.25, 0.3) is 0 Å². The molecule has 3 aliphatic rings. The van der Waals surface area contributed by atoms with E-state index in [0.717, 1.165) is 24.9 Å². The van der Waals surface area contributed by atoms with Crippen molar-refractivity contribution in [2.45, 2.75) is 57.0 Å². The van der Waals surface area contributed by atoms with E-state index in [0.29, 0.717) is 5.41 Å². The van der Waals surface area contributed by atoms with Crippen molar-refractivity contribution in [2.24, 2.45) is 11.8 Å². The molecule has 0 amide bonds. The molecule has 0 aromatic heterocycles. The molecule has 2 nitrogen and oxygen atoms in total. The van der Waals surface area contributed by atoms with Gasteiger partial charge in [-0.15, -0.1) is 0 Å². The van der Waals surface area contributed by atoms with Gasteiger partial charge in [-0.1, -0.05) is 67.4 Å². The highest BCUT2D eigenvalue weighted by Gasteiger charge is 2.50. The summed E-state index contributed by atoms with van der Waals surface area (Å²) in [7, 11) is 2.35. The molecule has 2 heterocycles. The zero-order valence-electron chi connectivity index (χ0n) is 18.0. The Labute approximate surface area is 176 Å². The molecule has 29 heavy (non-hydrogen) atoms. The molecule has 2 fully saturated rings. The summed E-state index contributed by atoms with van der Waals surface area (Å²) >= 11 is 0. The van der Waals surface area contributed by atoms with Gasteiger partial charge in [0.05, 0.1) is 0 Å². The monoisotopic (exact) mass is 388 g/mol. The molecule has 1 atom stereocenters. The van der Waals surface area contributed by atoms with E-state index in [1.54, 1.807) is 11.1 Å². The Kier molecular flexibility index (Phi) is 5.49. The van der Waals surface area contributed by atoms with Crippen LogP contribution < -0.4 is 0 Å². The fourth-order valence-corrected chi connectivity index (χ4v) is 6.91. The number of likely N-dealkylation sites (N-methyl/N-ethyl adjacent to an activating group) is 1. The molecule has 1 saturated carbocycles. The highest BCUT2D eigenvalue weighted by atomic mass is 15.1. The molecule has 2 aliphatic heterocycles. The molecule has 1 aliphatic carbocycles. The number of benzene rings is 2. The summed E-state index contributed by atoms with van der Waals surface area (Å²) in [5.74, 6) is 1.69. The summed E-state index contributed by atoms with van der Waals surface area (Å²) in [5.41, 5.74) is 5.14. The number of hydrogen-bond acceptors (Lipinski definition) is 2. The number of piperidine rings is 1. The standard InChI is InChI=1S/C27H36N2/c1-28-20-23-11-5-8-14-26(23)27(21-28,24-12-6-7-13-24)25-15-17-29(18-16-25)19-22-9-3-2-4-10-22/h2-5,8-11,14,24-25H,6-7,12-13,15-21H2,1H3. The van der Waals surface area contributed by atoms with Crippen LogP contribution in [0.5, 0.6) is 0 Å². The second kappa shape index (κ2) is 8.24. The Morgan fingerprint density at radius 1 is 0.828 bits per heavy atom. The van der Waals surface area contributed by atoms with E-state index in [-0.39, 0.29) is 0 Å². The van der Waals surface area contributed by atoms with E-state index in [1.165, 1.54) is 63.7 Å². The maximum atomic E-state index is 2.69. The number of hydrogen-bond donors (Lipinski definition) is 0. The molecule has 0 N–H and O–H groups in total. The van der Waals surface area contributed by atoms with E-state index < -0.39 is 0 Å². The molecule has 0 bridgehead atoms. The lowest BCUT2D eigenvalue weighted by Crippen LogP contribution is -2.55. The van der Waals surface area contributed by atoms with Crippen LogP contribution >= 0.6 is 0 Å². The lowest BCUT2D eigenvalue weighted by Gasteiger charge is -2.53. The van der Waals surface area contributed by atoms with E-state index in [4.69, 9.17) is 0 Å². The third-order valence-electron chi connectivity index (χ3n) is 8.14. The molecule has 2 aromatic carbocycles. The zero-order valence-corrected chi connectivity index (χ0v) is 18.0. The van der Waals surface area contributed by atoms with Crippen LogP contribution in [0.4, 0.5) is 0 Å². The Hall–Kier alpha value is -1.64. The maximum Gasteiger partial charge on any atom is 0.0234 e. The lowest BCUT2D eigenvalue weighted by atomic mass is 9.57. The van der Waals surface area contributed by atoms with Crippen molar-refractivity contribution >= 4 is 0 Å². The van der Waals surface area contributed by atoms with Crippen molar-refractivity contribution in [3.63, 3.8) is 0 Å². The van der Waals surface area contributed by atoms with Gasteiger partial charge >= 0.3 is 0 Å². The zero-order chi connectivity index (χ0) is 19.7. The predicted octanol–water partition coefficient (Wildman–Crippen LogP) is 5.47. The van der Waals surface area contributed by atoms with Crippen LogP contribution in [0.2, 0.25) is 0 Å². The summed E-state index contributed by atoms with van der Waals surface area (Å²) in [6, 6.07) is 20.5. The average Bonchev–Trinajstić information content (AvgIpc) is 3.30. The fourth-order valence-electron chi connectivity index (χ4n) is 6.91. The van der Waals surface area contributed by atoms with E-state index >= 15 is 0 Å². The number of nitrogens with zero attached hydrogens (tertiary/aromatic N) is 2. The number of rotatable bonds is 4. The molecule has 0 radical (unpaired) electrons. The largest absolute Gasteiger partial charge is 0.301 e. The second-order valence-electron chi connectivity index (χ2n) is 9.89. The topological polar surface area (TPSA) is 6.48 Å². The van der Waals surface area contributed by atoms with Crippen molar-refractivity contribution in [1.29, 1.82) is 0 Å². The number of likely N-dealkylation sites (tertiary alicyclic amines) is 1. The Morgan fingerprint density at radius 3 is 2.24 bits per heavy atom. The fraction of sp³-hybridized carbons (Fsp3) is 0.556. The van der Waals surface area contributed by atoms with Crippen molar-refractivity contribution in [3.8, 4) is 0 Å². The summed E-state index contributed by atoms with van der Waals surface area (Å²) in [6.07, 6.45) is 8.45. The van der Waals surface area contributed by atoms with Crippen LogP contribution in [0, 0.1) is 11.8 Å². The minimum atomic E-state index is 0.374. The van der Waals surface area contributed by atoms with Crippen LogP contribution in [-0.2, 0) is 18.5 Å². The van der Waals surface area contributed by atoms with Crippen molar-refractivity contribution < 1.29 is 0 Å². The third kappa shape index (κ3) is 3.66. The third-order valence-corrected chi connectivity index (χ3v) is 8.14. The van der Waals surface area contributed by atoms with Crippen LogP contribution in [0.1, 0.15) is 55.2 Å². The van der Waals surface area contributed by atoms with Gasteiger partial charge in [0.15, 0.2) is 0 Å². The van der Waals surface area contributed by atoms with Gasteiger partial charge < -0.3 is 4.90 Å². The highest BCUT2D eigenvalue weighted by molar-refractivity contribution is 5.39. The first-order chi connectivity index (χ1) is 14.3. The molecule has 1 saturated heterocycles. The van der Waals surface area contributed by atoms with Gasteiger partial charge in [-0.05, 0) is 74.3 Å². The predicted molar refractivity (Wildman–Crippen MR) is 121 cm³/mol. The van der Waals surface area contributed by atoms with Gasteiger partial charge in [-0.2, -0.15) is 0 Å². The van der Waals surface area contributed by atoms with E-state index in [1.807, 2.05) is 0 Å². The van der Waals surface area contributed by atoms with E-state index in [9.17, 15) is 0 Å². The Balaban J connectivity index is 1.41. The summed E-state index contributed by atoms with van der Waals surface area (Å²) < 4.78 is 0. The lowest BCUT2D eigenvalue weighted by molar-refractivity contribution is 0.0453. The van der Waals surface area contributed by atoms with Crippen LogP contribution in [0.15, 0.2) is 54.6 Å². The van der Waals surface area contributed by atoms with Crippen LogP contribution in [0.3, 0.4) is 0 Å². The molecule has 154 valence electrons. The molecular formula is C27H36N2. The Morgan fingerprint density at radius 2 is 1.48 bits per heavy atom. The van der Waals surface area contributed by atoms with Crippen molar-refractivity contribution in [1.82, 2.24) is 9.80 Å². The van der Waals surface area contributed by atoms with Gasteiger partial charge in [0.2, 0.25) is 0 Å². The molecule has 2 aromatic rings. The summed E-state index contributed by atoms with van der Waals surface area (Å²) in [5, 5.41) is 0. The smallest absolute Gasteiger partial charge is 0.0234 e. The first kappa shape index (κ1) is 19.3. The number of fused-ring (bicyclic) bond motifs is 1. The SMILES string of the molecule is CN1Cc2ccccc2C(C2CCCC2)(C2CCN(Cc3ccccc3)CC2)C1. The van der Waals surface area contributed by atoms with Gasteiger partial charge in [0.25, 0.3) is 0 Å². The Bertz CT molecular complexity index is 802. The molecular weight excluding hydrogens is 352 g/mol. The van der Waals surface area contributed by atoms with Gasteiger partial charge in [-0.3, -0.25) is 4.90 Å². The average molecular weight is 389 g/mol. The van der Waals surface area contributed by atoms with E-state index in [2.05, 4.69) is 71.4 Å². The van der Waals surface area contributed by atoms with Gasteiger partial charge in [-0.25, -0.2) is 0 Å². The molecule has 1 unspecified atom stereocenters. The minimum Gasteiger partial charge on any atom is -0.301 e. The normalized spacial score (nSPS) is 27.2. The highest BCUT2D eigenvalue weighted by Crippen LogP contribution is 2.53. The maximum absolute atomic E-state index is 2.69. The van der Waals surface area contributed by atoms with Crippen LogP contribution in [-0.4, -0.2) is 36.5 Å². The second-order valence-corrected chi connectivity index (χ2v) is 9.89. The first-order valence-electron chi connectivity index (χ1n) is 11.8. The minimum absolute atomic E-state index is 0.374. The first-order valence-corrected chi connectivity index (χ1v) is 11.8. The summed E-state index contributed by atoms with van der Waals surface area (Å²) in [4.78, 5) is 5.31. The quantitative estimate of drug-likeness (QED) is 0.685. The van der Waals surface area contributed by atoms with Gasteiger partial charge in [0, 0.05) is 25.0 Å². The molecule has 0 spiro atoms. The van der Waals surface area contributed by atoms with Crippen molar-refractivity contribution in [2.75, 3.05) is 26.7 Å². The molecule has 2 heteroatoms. The summed E-state index contributed by atoms with van der Waals surface area (Å²) in [6.45, 7) is 6.00. The van der Waals surface area contributed by atoms with Crippen molar-refractivity contribution in [3.05, 3.63) is 71.3 Å².